The molecular weight excluding hydrogens is 372 g/mol. The van der Waals surface area contributed by atoms with Crippen LogP contribution < -0.4 is 21.0 Å². The van der Waals surface area contributed by atoms with Crippen molar-refractivity contribution < 1.29 is 18.7 Å². The molecule has 1 atom stereocenters. The van der Waals surface area contributed by atoms with E-state index in [1.165, 1.54) is 6.07 Å². The molecule has 0 spiro atoms. The lowest BCUT2D eigenvalue weighted by Gasteiger charge is -2.12. The monoisotopic (exact) mass is 394 g/mol. The summed E-state index contributed by atoms with van der Waals surface area (Å²) in [4.78, 5) is 35.5. The third-order valence-corrected chi connectivity index (χ3v) is 4.41. The van der Waals surface area contributed by atoms with Crippen LogP contribution in [0.2, 0.25) is 0 Å². The molecule has 2 aromatic carbocycles. The van der Waals surface area contributed by atoms with Gasteiger partial charge in [-0.15, -0.1) is 0 Å². The number of imide groups is 1. The molecule has 7 nitrogen and oxygen atoms in total. The first-order valence-corrected chi connectivity index (χ1v) is 9.32. The average molecular weight is 394 g/mol. The van der Waals surface area contributed by atoms with Gasteiger partial charge in [0, 0.05) is 23.6 Å². The summed E-state index contributed by atoms with van der Waals surface area (Å²) in [6, 6.07) is 15.4. The van der Waals surface area contributed by atoms with Crippen LogP contribution in [-0.4, -0.2) is 24.6 Å². The molecular formula is C22H22N2O5. The highest BCUT2D eigenvalue weighted by molar-refractivity contribution is 5.95. The van der Waals surface area contributed by atoms with Crippen LogP contribution in [0.4, 0.5) is 4.79 Å². The Morgan fingerprint density at radius 2 is 1.86 bits per heavy atom. The SMILES string of the molecule is CC[C@@H](C)NC(=O)NC(=O)COc1ccc2c(-c3ccccc3)cc(=O)oc2c1. The first-order chi connectivity index (χ1) is 14.0. The highest BCUT2D eigenvalue weighted by Gasteiger charge is 2.12. The van der Waals surface area contributed by atoms with Crippen LogP contribution >= 0.6 is 0 Å². The van der Waals surface area contributed by atoms with E-state index >= 15 is 0 Å². The Bertz CT molecular complexity index is 1080. The van der Waals surface area contributed by atoms with E-state index in [1.807, 2.05) is 44.2 Å². The summed E-state index contributed by atoms with van der Waals surface area (Å²) in [6.07, 6.45) is 0.755. The molecule has 0 radical (unpaired) electrons. The van der Waals surface area contributed by atoms with Crippen molar-refractivity contribution in [2.24, 2.45) is 0 Å². The number of fused-ring (bicyclic) bond motifs is 1. The van der Waals surface area contributed by atoms with Gasteiger partial charge in [0.2, 0.25) is 0 Å². The smallest absolute Gasteiger partial charge is 0.336 e. The first kappa shape index (κ1) is 20.1. The fraction of sp³-hybridized carbons (Fsp3) is 0.227. The highest BCUT2D eigenvalue weighted by Crippen LogP contribution is 2.29. The van der Waals surface area contributed by atoms with Crippen molar-refractivity contribution in [3.63, 3.8) is 0 Å². The van der Waals surface area contributed by atoms with Gasteiger partial charge in [-0.1, -0.05) is 37.3 Å². The lowest BCUT2D eigenvalue weighted by Crippen LogP contribution is -2.44. The number of carbonyl (C=O) groups is 2. The van der Waals surface area contributed by atoms with Crippen molar-refractivity contribution in [3.8, 4) is 16.9 Å². The van der Waals surface area contributed by atoms with Gasteiger partial charge < -0.3 is 14.5 Å². The highest BCUT2D eigenvalue weighted by atomic mass is 16.5. The van der Waals surface area contributed by atoms with Crippen LogP contribution in [0.15, 0.2) is 63.8 Å². The zero-order valence-corrected chi connectivity index (χ0v) is 16.2. The second-order valence-electron chi connectivity index (χ2n) is 6.62. The maximum atomic E-state index is 12.0. The molecule has 3 rings (SSSR count). The molecule has 0 bridgehead atoms. The number of urea groups is 1. The third-order valence-electron chi connectivity index (χ3n) is 4.41. The van der Waals surface area contributed by atoms with E-state index in [2.05, 4.69) is 10.6 Å². The summed E-state index contributed by atoms with van der Waals surface area (Å²) in [5.74, 6) is -0.228. The van der Waals surface area contributed by atoms with Crippen LogP contribution in [-0.2, 0) is 4.79 Å². The zero-order chi connectivity index (χ0) is 20.8. The molecule has 0 aliphatic carbocycles. The van der Waals surface area contributed by atoms with E-state index in [-0.39, 0.29) is 12.6 Å². The first-order valence-electron chi connectivity index (χ1n) is 9.32. The molecule has 2 N–H and O–H groups in total. The van der Waals surface area contributed by atoms with Gasteiger partial charge in [0.05, 0.1) is 0 Å². The van der Waals surface area contributed by atoms with Crippen molar-refractivity contribution >= 4 is 22.9 Å². The molecule has 0 saturated carbocycles. The van der Waals surface area contributed by atoms with Gasteiger partial charge in [-0.3, -0.25) is 10.1 Å². The molecule has 0 aliphatic rings. The maximum Gasteiger partial charge on any atom is 0.336 e. The molecule has 0 saturated heterocycles. The fourth-order valence-electron chi connectivity index (χ4n) is 2.76. The minimum absolute atomic E-state index is 0.0362. The topological polar surface area (TPSA) is 97.6 Å². The molecule has 0 aliphatic heterocycles. The Kier molecular flexibility index (Phi) is 6.29. The molecule has 29 heavy (non-hydrogen) atoms. The van der Waals surface area contributed by atoms with Gasteiger partial charge in [0.25, 0.3) is 5.91 Å². The predicted octanol–water partition coefficient (Wildman–Crippen LogP) is 3.46. The normalized spacial score (nSPS) is 11.7. The van der Waals surface area contributed by atoms with Gasteiger partial charge in [-0.05, 0) is 36.6 Å². The summed E-state index contributed by atoms with van der Waals surface area (Å²) in [5.41, 5.74) is 1.52. The van der Waals surface area contributed by atoms with E-state index in [1.54, 1.807) is 18.2 Å². The summed E-state index contributed by atoms with van der Waals surface area (Å²) in [6.45, 7) is 3.42. The molecule has 3 aromatic rings. The molecule has 1 aromatic heterocycles. The Hall–Kier alpha value is -3.61. The summed E-state index contributed by atoms with van der Waals surface area (Å²) >= 11 is 0. The van der Waals surface area contributed by atoms with Crippen molar-refractivity contribution in [2.75, 3.05) is 6.61 Å². The van der Waals surface area contributed by atoms with E-state index in [4.69, 9.17) is 9.15 Å². The molecule has 0 fully saturated rings. The number of carbonyl (C=O) groups excluding carboxylic acids is 2. The average Bonchev–Trinajstić information content (AvgIpc) is 2.71. The van der Waals surface area contributed by atoms with Crippen LogP contribution in [0.1, 0.15) is 20.3 Å². The predicted molar refractivity (Wildman–Crippen MR) is 110 cm³/mol. The van der Waals surface area contributed by atoms with Gasteiger partial charge >= 0.3 is 11.7 Å². The van der Waals surface area contributed by atoms with E-state index in [0.29, 0.717) is 11.3 Å². The summed E-state index contributed by atoms with van der Waals surface area (Å²) in [5, 5.41) is 5.59. The summed E-state index contributed by atoms with van der Waals surface area (Å²) < 4.78 is 10.7. The van der Waals surface area contributed by atoms with Crippen LogP contribution in [0.25, 0.3) is 22.1 Å². The molecule has 0 unspecified atom stereocenters. The lowest BCUT2D eigenvalue weighted by atomic mass is 10.0. The number of nitrogens with one attached hydrogen (secondary N) is 2. The van der Waals surface area contributed by atoms with Gasteiger partial charge in [-0.25, -0.2) is 9.59 Å². The van der Waals surface area contributed by atoms with Gasteiger partial charge in [0.15, 0.2) is 6.61 Å². The largest absolute Gasteiger partial charge is 0.484 e. The molecule has 7 heteroatoms. The Morgan fingerprint density at radius 3 is 2.59 bits per heavy atom. The number of hydrogen-bond donors (Lipinski definition) is 2. The Morgan fingerprint density at radius 1 is 1.10 bits per heavy atom. The summed E-state index contributed by atoms with van der Waals surface area (Å²) in [7, 11) is 0. The Balaban J connectivity index is 1.73. The number of rotatable bonds is 6. The van der Waals surface area contributed by atoms with Crippen LogP contribution in [0.3, 0.4) is 0 Å². The second-order valence-corrected chi connectivity index (χ2v) is 6.62. The second kappa shape index (κ2) is 9.05. The minimum Gasteiger partial charge on any atom is -0.484 e. The Labute approximate surface area is 167 Å². The number of benzene rings is 2. The van der Waals surface area contributed by atoms with Crippen molar-refractivity contribution in [2.45, 2.75) is 26.3 Å². The number of hydrogen-bond acceptors (Lipinski definition) is 5. The van der Waals surface area contributed by atoms with Gasteiger partial charge in [-0.2, -0.15) is 0 Å². The molecule has 3 amide bonds. The van der Waals surface area contributed by atoms with Gasteiger partial charge in [0.1, 0.15) is 11.3 Å². The number of ether oxygens (including phenoxy) is 1. The van der Waals surface area contributed by atoms with Crippen molar-refractivity contribution in [1.82, 2.24) is 10.6 Å². The van der Waals surface area contributed by atoms with Crippen LogP contribution in [0.5, 0.6) is 5.75 Å². The van der Waals surface area contributed by atoms with E-state index < -0.39 is 17.6 Å². The number of amides is 3. The molecule has 1 heterocycles. The molecule has 150 valence electrons. The van der Waals surface area contributed by atoms with Crippen molar-refractivity contribution in [1.29, 1.82) is 0 Å². The fourth-order valence-corrected chi connectivity index (χ4v) is 2.76. The maximum absolute atomic E-state index is 12.0. The van der Waals surface area contributed by atoms with E-state index in [0.717, 1.165) is 22.9 Å². The van der Waals surface area contributed by atoms with E-state index in [9.17, 15) is 14.4 Å². The van der Waals surface area contributed by atoms with Crippen molar-refractivity contribution in [3.05, 3.63) is 65.0 Å². The quantitative estimate of drug-likeness (QED) is 0.624. The van der Waals surface area contributed by atoms with Crippen LogP contribution in [0, 0.1) is 0 Å². The third kappa shape index (κ3) is 5.22. The lowest BCUT2D eigenvalue weighted by molar-refractivity contribution is -0.122. The zero-order valence-electron chi connectivity index (χ0n) is 16.2. The minimum atomic E-state index is -0.578. The standard InChI is InChI=1S/C22H22N2O5/c1-3-14(2)23-22(27)24-20(25)13-28-16-9-10-17-18(15-7-5-4-6-8-15)12-21(26)29-19(17)11-16/h4-12,14H,3,13H2,1-2H3,(H2,23,24,25,27)/t14-/m1/s1.